The molecule has 0 aliphatic rings. The first-order valence-electron chi connectivity index (χ1n) is 1.92. The van der Waals surface area contributed by atoms with Crippen LogP contribution in [0.4, 0.5) is 0 Å². The minimum atomic E-state index is 0.0347. The molecule has 0 aliphatic carbocycles. The Hall–Kier alpha value is -0.360. The minimum Gasteiger partial charge on any atom is -0.404 e. The highest BCUT2D eigenvalue weighted by Crippen LogP contribution is 1.81. The lowest BCUT2D eigenvalue weighted by Gasteiger charge is -1.78. The van der Waals surface area contributed by atoms with Crippen molar-refractivity contribution < 1.29 is 4.79 Å². The molecule has 7 heavy (non-hydrogen) atoms. The van der Waals surface area contributed by atoms with Crippen LogP contribution in [-0.2, 0) is 4.79 Å². The molecule has 0 aliphatic heterocycles. The third kappa shape index (κ3) is 3.47. The maximum atomic E-state index is 10.2. The molecule has 0 bridgehead atoms. The van der Waals surface area contributed by atoms with E-state index >= 15 is 0 Å². The van der Waals surface area contributed by atoms with Crippen LogP contribution in [0.2, 0.25) is 0 Å². The Morgan fingerprint density at radius 1 is 1.86 bits per heavy atom. The molecular weight excluding hydrogens is 109 g/mol. The van der Waals surface area contributed by atoms with Gasteiger partial charge in [0.2, 0.25) is 0 Å². The topological polar surface area (TPSA) is 43.1 Å². The zero-order valence-corrected chi connectivity index (χ0v) is 5.08. The molecule has 0 radical (unpaired) electrons. The summed E-state index contributed by atoms with van der Waals surface area (Å²) in [5, 5.41) is 0. The van der Waals surface area contributed by atoms with Crippen molar-refractivity contribution in [3.05, 3.63) is 12.3 Å². The first-order valence-corrected chi connectivity index (χ1v) is 2.74. The van der Waals surface area contributed by atoms with E-state index in [4.69, 9.17) is 5.73 Å². The van der Waals surface area contributed by atoms with Crippen molar-refractivity contribution >= 4 is 15.0 Å². The Kier molecular flexibility index (Phi) is 3.62. The zero-order chi connectivity index (χ0) is 5.70. The summed E-state index contributed by atoms with van der Waals surface area (Å²) in [7, 11) is 2.31. The summed E-state index contributed by atoms with van der Waals surface area (Å²) < 4.78 is 0. The summed E-state index contributed by atoms with van der Waals surface area (Å²) in [5.74, 6) is 0.0347. The Labute approximate surface area is 45.0 Å². The maximum Gasteiger partial charge on any atom is 0.160 e. The second-order valence-electron chi connectivity index (χ2n) is 1.03. The monoisotopic (exact) mass is 117 g/mol. The molecule has 1 unspecified atom stereocenters. The molecule has 0 heterocycles. The smallest absolute Gasteiger partial charge is 0.160 e. The van der Waals surface area contributed by atoms with Gasteiger partial charge in [-0.3, -0.25) is 4.79 Å². The van der Waals surface area contributed by atoms with E-state index < -0.39 is 0 Å². The van der Waals surface area contributed by atoms with Crippen molar-refractivity contribution in [2.45, 2.75) is 0 Å². The van der Waals surface area contributed by atoms with Crippen molar-refractivity contribution in [2.75, 3.05) is 6.16 Å². The van der Waals surface area contributed by atoms with Crippen LogP contribution in [0.3, 0.4) is 0 Å². The van der Waals surface area contributed by atoms with Crippen LogP contribution >= 0.6 is 9.24 Å². The number of nitrogens with two attached hydrogens (primary N) is 1. The van der Waals surface area contributed by atoms with Crippen molar-refractivity contribution in [3.8, 4) is 0 Å². The van der Waals surface area contributed by atoms with Gasteiger partial charge in [0.15, 0.2) is 5.78 Å². The molecule has 0 spiro atoms. The van der Waals surface area contributed by atoms with E-state index in [1.807, 2.05) is 0 Å². The number of carbonyl (C=O) groups excluding carboxylic acids is 1. The summed E-state index contributed by atoms with van der Waals surface area (Å²) in [5.41, 5.74) is 4.89. The fourth-order valence-electron chi connectivity index (χ4n) is 0.175. The Morgan fingerprint density at radius 3 is 2.57 bits per heavy atom. The second-order valence-corrected chi connectivity index (χ2v) is 1.44. The van der Waals surface area contributed by atoms with Gasteiger partial charge in [-0.05, 0) is 12.3 Å². The van der Waals surface area contributed by atoms with Crippen LogP contribution in [0.1, 0.15) is 0 Å². The van der Waals surface area contributed by atoms with Crippen LogP contribution in [0.15, 0.2) is 12.3 Å². The zero-order valence-electron chi connectivity index (χ0n) is 3.92. The van der Waals surface area contributed by atoms with E-state index in [2.05, 4.69) is 9.24 Å². The maximum absolute atomic E-state index is 10.2. The average molecular weight is 117 g/mol. The first kappa shape index (κ1) is 6.64. The lowest BCUT2D eigenvalue weighted by atomic mass is 10.4. The van der Waals surface area contributed by atoms with Gasteiger partial charge in [0.1, 0.15) is 0 Å². The molecule has 0 aromatic carbocycles. The van der Waals surface area contributed by atoms with E-state index in [9.17, 15) is 4.79 Å². The number of carbonyl (C=O) groups is 1. The predicted octanol–water partition coefficient (Wildman–Crippen LogP) is -0.0970. The number of hydrogen-bond donors (Lipinski definition) is 1. The lowest BCUT2D eigenvalue weighted by Crippen LogP contribution is -1.93. The Balaban J connectivity index is 3.37. The summed E-state index contributed by atoms with van der Waals surface area (Å²) in [6.07, 6.45) is 3.03. The van der Waals surface area contributed by atoms with Gasteiger partial charge in [-0.25, -0.2) is 0 Å². The fourth-order valence-corrected chi connectivity index (χ4v) is 0.311. The standard InChI is InChI=1S/C4H8NOP/c5-2-1-4(6)3-7/h1-2H,3,5,7H2/b2-1+. The van der Waals surface area contributed by atoms with E-state index in [1.54, 1.807) is 0 Å². The summed E-state index contributed by atoms with van der Waals surface area (Å²) in [6, 6.07) is 0. The van der Waals surface area contributed by atoms with Gasteiger partial charge in [-0.1, -0.05) is 0 Å². The van der Waals surface area contributed by atoms with E-state index in [0.29, 0.717) is 6.16 Å². The van der Waals surface area contributed by atoms with E-state index in [1.165, 1.54) is 12.3 Å². The highest BCUT2D eigenvalue weighted by molar-refractivity contribution is 7.18. The highest BCUT2D eigenvalue weighted by Gasteiger charge is 1.84. The van der Waals surface area contributed by atoms with Gasteiger partial charge in [0.05, 0.1) is 0 Å². The van der Waals surface area contributed by atoms with Gasteiger partial charge in [0, 0.05) is 6.16 Å². The summed E-state index contributed by atoms with van der Waals surface area (Å²) in [4.78, 5) is 10.2. The summed E-state index contributed by atoms with van der Waals surface area (Å²) in [6.45, 7) is 0. The van der Waals surface area contributed by atoms with E-state index in [-0.39, 0.29) is 5.78 Å². The second kappa shape index (κ2) is 3.82. The molecule has 1 atom stereocenters. The third-order valence-corrected chi connectivity index (χ3v) is 0.886. The van der Waals surface area contributed by atoms with Crippen LogP contribution in [0, 0.1) is 0 Å². The highest BCUT2D eigenvalue weighted by atomic mass is 31.0. The molecule has 2 N–H and O–H groups in total. The SMILES string of the molecule is N/C=C/C(=O)CP. The average Bonchev–Trinajstić information content (AvgIpc) is 1.68. The van der Waals surface area contributed by atoms with Gasteiger partial charge in [0.25, 0.3) is 0 Å². The number of rotatable bonds is 2. The molecule has 0 saturated carbocycles. The largest absolute Gasteiger partial charge is 0.404 e. The normalized spacial score (nSPS) is 9.86. The van der Waals surface area contributed by atoms with Gasteiger partial charge < -0.3 is 5.73 Å². The fraction of sp³-hybridized carbons (Fsp3) is 0.250. The molecule has 0 aromatic heterocycles. The summed E-state index contributed by atoms with van der Waals surface area (Å²) >= 11 is 0. The molecule has 0 saturated heterocycles. The number of hydrogen-bond acceptors (Lipinski definition) is 2. The lowest BCUT2D eigenvalue weighted by molar-refractivity contribution is -0.112. The van der Waals surface area contributed by atoms with Crippen molar-refractivity contribution in [2.24, 2.45) is 5.73 Å². The molecule has 3 heteroatoms. The Morgan fingerprint density at radius 2 is 2.43 bits per heavy atom. The van der Waals surface area contributed by atoms with Gasteiger partial charge >= 0.3 is 0 Å². The molecule has 0 rings (SSSR count). The molecule has 0 amide bonds. The van der Waals surface area contributed by atoms with Gasteiger partial charge in [-0.2, -0.15) is 0 Å². The first-order chi connectivity index (χ1) is 3.31. The van der Waals surface area contributed by atoms with Crippen LogP contribution in [0.25, 0.3) is 0 Å². The minimum absolute atomic E-state index is 0.0347. The predicted molar refractivity (Wildman–Crippen MR) is 32.9 cm³/mol. The Bertz CT molecular complexity index is 89.7. The molecule has 40 valence electrons. The number of allylic oxidation sites excluding steroid dienone is 1. The van der Waals surface area contributed by atoms with Crippen LogP contribution < -0.4 is 5.73 Å². The van der Waals surface area contributed by atoms with Crippen molar-refractivity contribution in [3.63, 3.8) is 0 Å². The molecule has 0 aromatic rings. The number of ketones is 1. The van der Waals surface area contributed by atoms with Crippen LogP contribution in [-0.4, -0.2) is 11.9 Å². The molecular formula is C4H8NOP. The van der Waals surface area contributed by atoms with Crippen molar-refractivity contribution in [1.82, 2.24) is 0 Å². The molecule has 0 fully saturated rings. The van der Waals surface area contributed by atoms with Crippen LogP contribution in [0.5, 0.6) is 0 Å². The van der Waals surface area contributed by atoms with E-state index in [0.717, 1.165) is 0 Å². The van der Waals surface area contributed by atoms with Crippen molar-refractivity contribution in [1.29, 1.82) is 0 Å². The molecule has 2 nitrogen and oxygen atoms in total. The van der Waals surface area contributed by atoms with Gasteiger partial charge in [-0.15, -0.1) is 9.24 Å². The quantitative estimate of drug-likeness (QED) is 0.405. The third-order valence-electron chi connectivity index (χ3n) is 0.483.